The average molecular weight is 424 g/mol. The molecular formula is C24H25FN2O4. The van der Waals surface area contributed by atoms with Crippen molar-refractivity contribution in [3.05, 3.63) is 75.4 Å². The molecule has 4 rings (SSSR count). The van der Waals surface area contributed by atoms with Gasteiger partial charge in [0.1, 0.15) is 17.1 Å². The van der Waals surface area contributed by atoms with Crippen LogP contribution in [0.1, 0.15) is 41.1 Å². The molecule has 1 aromatic heterocycles. The van der Waals surface area contributed by atoms with E-state index in [1.54, 1.807) is 35.2 Å². The Morgan fingerprint density at radius 1 is 1.16 bits per heavy atom. The summed E-state index contributed by atoms with van der Waals surface area (Å²) in [5.41, 5.74) is 0.833. The van der Waals surface area contributed by atoms with Crippen molar-refractivity contribution in [2.24, 2.45) is 0 Å². The van der Waals surface area contributed by atoms with Crippen LogP contribution in [-0.4, -0.2) is 49.5 Å². The Hall–Kier alpha value is -3.19. The van der Waals surface area contributed by atoms with Crippen LogP contribution in [0.5, 0.6) is 5.75 Å². The third-order valence-corrected chi connectivity index (χ3v) is 5.42. The van der Waals surface area contributed by atoms with Gasteiger partial charge < -0.3 is 19.0 Å². The molecule has 0 bridgehead atoms. The minimum Gasteiger partial charge on any atom is -0.494 e. The summed E-state index contributed by atoms with van der Waals surface area (Å²) in [6.45, 7) is 3.53. The summed E-state index contributed by atoms with van der Waals surface area (Å²) in [7, 11) is 3.91. The van der Waals surface area contributed by atoms with E-state index in [0.29, 0.717) is 41.9 Å². The van der Waals surface area contributed by atoms with E-state index < -0.39 is 11.9 Å². The summed E-state index contributed by atoms with van der Waals surface area (Å²) < 4.78 is 25.5. The standard InChI is InChI=1S/C24H25FN2O4/c1-4-30-17-9-10-18-19(14-17)31-23-20(22(18)28)21(15-7-5-8-16(25)13-15)27(24(23)29)12-6-11-26(2)3/h5,7-10,13-14,21H,4,6,11-12H2,1-3H3. The molecule has 1 unspecified atom stereocenters. The van der Waals surface area contributed by atoms with Crippen LogP contribution in [-0.2, 0) is 0 Å². The van der Waals surface area contributed by atoms with E-state index in [1.807, 2.05) is 25.9 Å². The van der Waals surface area contributed by atoms with Crippen molar-refractivity contribution < 1.29 is 18.3 Å². The van der Waals surface area contributed by atoms with Gasteiger partial charge in [-0.1, -0.05) is 12.1 Å². The van der Waals surface area contributed by atoms with Gasteiger partial charge in [-0.05, 0) is 63.8 Å². The van der Waals surface area contributed by atoms with Gasteiger partial charge in [-0.3, -0.25) is 9.59 Å². The largest absolute Gasteiger partial charge is 0.494 e. The lowest BCUT2D eigenvalue weighted by molar-refractivity contribution is 0.0722. The molecule has 162 valence electrons. The molecule has 6 nitrogen and oxygen atoms in total. The number of carbonyl (C=O) groups excluding carboxylic acids is 1. The van der Waals surface area contributed by atoms with Crippen LogP contribution in [0.4, 0.5) is 4.39 Å². The van der Waals surface area contributed by atoms with E-state index in [0.717, 1.165) is 6.54 Å². The van der Waals surface area contributed by atoms with Crippen molar-refractivity contribution in [2.45, 2.75) is 19.4 Å². The molecule has 0 spiro atoms. The fourth-order valence-electron chi connectivity index (χ4n) is 4.07. The van der Waals surface area contributed by atoms with Crippen molar-refractivity contribution in [2.75, 3.05) is 33.8 Å². The van der Waals surface area contributed by atoms with Crippen molar-refractivity contribution in [3.8, 4) is 5.75 Å². The molecule has 1 atom stereocenters. The predicted octanol–water partition coefficient (Wildman–Crippen LogP) is 3.83. The van der Waals surface area contributed by atoms with Crippen LogP contribution in [0.15, 0.2) is 51.7 Å². The van der Waals surface area contributed by atoms with E-state index in [1.165, 1.54) is 12.1 Å². The number of rotatable bonds is 7. The van der Waals surface area contributed by atoms with Gasteiger partial charge in [0, 0.05) is 12.6 Å². The third-order valence-electron chi connectivity index (χ3n) is 5.42. The smallest absolute Gasteiger partial charge is 0.290 e. The highest BCUT2D eigenvalue weighted by Gasteiger charge is 2.42. The second-order valence-corrected chi connectivity index (χ2v) is 7.88. The van der Waals surface area contributed by atoms with Crippen molar-refractivity contribution in [1.29, 1.82) is 0 Å². The average Bonchev–Trinajstić information content (AvgIpc) is 3.00. The normalized spacial score (nSPS) is 15.7. The molecule has 31 heavy (non-hydrogen) atoms. The molecule has 0 N–H and O–H groups in total. The molecule has 0 fully saturated rings. The van der Waals surface area contributed by atoms with Crippen LogP contribution in [0.2, 0.25) is 0 Å². The Bertz CT molecular complexity index is 1190. The molecule has 0 saturated carbocycles. The van der Waals surface area contributed by atoms with E-state index in [-0.39, 0.29) is 22.7 Å². The molecule has 2 heterocycles. The lowest BCUT2D eigenvalue weighted by Gasteiger charge is -2.25. The maximum atomic E-state index is 14.0. The number of amides is 1. The first-order chi connectivity index (χ1) is 14.9. The third kappa shape index (κ3) is 3.93. The molecule has 1 amide bonds. The van der Waals surface area contributed by atoms with Crippen LogP contribution >= 0.6 is 0 Å². The SMILES string of the molecule is CCOc1ccc2c(=O)c3c(oc2c1)C(=O)N(CCCN(C)C)C3c1cccc(F)c1. The fraction of sp³-hybridized carbons (Fsp3) is 0.333. The van der Waals surface area contributed by atoms with E-state index >= 15 is 0 Å². The quantitative estimate of drug-likeness (QED) is 0.577. The first-order valence-electron chi connectivity index (χ1n) is 10.4. The number of carbonyl (C=O) groups is 1. The molecule has 2 aromatic carbocycles. The highest BCUT2D eigenvalue weighted by atomic mass is 19.1. The Labute approximate surface area is 179 Å². The molecule has 0 radical (unpaired) electrons. The number of hydrogen-bond acceptors (Lipinski definition) is 5. The van der Waals surface area contributed by atoms with E-state index in [4.69, 9.17) is 9.15 Å². The summed E-state index contributed by atoms with van der Waals surface area (Å²) in [6, 6.07) is 10.3. The summed E-state index contributed by atoms with van der Waals surface area (Å²) in [6.07, 6.45) is 0.709. The Morgan fingerprint density at radius 2 is 1.97 bits per heavy atom. The highest BCUT2D eigenvalue weighted by molar-refractivity contribution is 5.99. The molecule has 0 aliphatic carbocycles. The minimum atomic E-state index is -0.687. The Kier molecular flexibility index (Phi) is 5.78. The van der Waals surface area contributed by atoms with Crippen molar-refractivity contribution in [1.82, 2.24) is 9.80 Å². The zero-order valence-corrected chi connectivity index (χ0v) is 17.9. The molecule has 1 aliphatic rings. The number of halogens is 1. The van der Waals surface area contributed by atoms with Gasteiger partial charge in [0.15, 0.2) is 5.43 Å². The summed E-state index contributed by atoms with van der Waals surface area (Å²) in [4.78, 5) is 30.4. The molecule has 3 aromatic rings. The number of fused-ring (bicyclic) bond motifs is 2. The van der Waals surface area contributed by atoms with Gasteiger partial charge in [-0.2, -0.15) is 0 Å². The Balaban J connectivity index is 1.86. The fourth-order valence-corrected chi connectivity index (χ4v) is 4.07. The molecule has 0 saturated heterocycles. The topological polar surface area (TPSA) is 63.0 Å². The van der Waals surface area contributed by atoms with Crippen LogP contribution < -0.4 is 10.2 Å². The lowest BCUT2D eigenvalue weighted by atomic mass is 9.98. The number of nitrogens with zero attached hydrogens (tertiary/aromatic N) is 2. The summed E-state index contributed by atoms with van der Waals surface area (Å²) in [5.74, 6) is -0.194. The van der Waals surface area contributed by atoms with Gasteiger partial charge >= 0.3 is 0 Å². The molecule has 7 heteroatoms. The Morgan fingerprint density at radius 3 is 2.68 bits per heavy atom. The summed E-state index contributed by atoms with van der Waals surface area (Å²) in [5, 5.41) is 0.367. The van der Waals surface area contributed by atoms with Gasteiger partial charge in [0.2, 0.25) is 5.76 Å². The highest BCUT2D eigenvalue weighted by Crippen LogP contribution is 2.38. The number of benzene rings is 2. The number of hydrogen-bond donors (Lipinski definition) is 0. The van der Waals surface area contributed by atoms with Crippen LogP contribution in [0.25, 0.3) is 11.0 Å². The second kappa shape index (κ2) is 8.51. The first kappa shape index (κ1) is 21.1. The minimum absolute atomic E-state index is 0.0188. The zero-order chi connectivity index (χ0) is 22.1. The predicted molar refractivity (Wildman–Crippen MR) is 116 cm³/mol. The van der Waals surface area contributed by atoms with Crippen LogP contribution in [0, 0.1) is 5.82 Å². The van der Waals surface area contributed by atoms with E-state index in [9.17, 15) is 14.0 Å². The number of ether oxygens (including phenoxy) is 1. The molecule has 1 aliphatic heterocycles. The second-order valence-electron chi connectivity index (χ2n) is 7.88. The first-order valence-corrected chi connectivity index (χ1v) is 10.4. The summed E-state index contributed by atoms with van der Waals surface area (Å²) >= 11 is 0. The monoisotopic (exact) mass is 424 g/mol. The maximum absolute atomic E-state index is 14.0. The zero-order valence-electron chi connectivity index (χ0n) is 17.9. The van der Waals surface area contributed by atoms with Gasteiger partial charge in [0.25, 0.3) is 5.91 Å². The van der Waals surface area contributed by atoms with E-state index in [2.05, 4.69) is 0 Å². The van der Waals surface area contributed by atoms with Gasteiger partial charge in [0.05, 0.1) is 23.6 Å². The van der Waals surface area contributed by atoms with Crippen molar-refractivity contribution >= 4 is 16.9 Å². The van der Waals surface area contributed by atoms with Gasteiger partial charge in [-0.15, -0.1) is 0 Å². The lowest BCUT2D eigenvalue weighted by Crippen LogP contribution is -2.32. The van der Waals surface area contributed by atoms with Crippen molar-refractivity contribution in [3.63, 3.8) is 0 Å². The van der Waals surface area contributed by atoms with Crippen LogP contribution in [0.3, 0.4) is 0 Å². The molecular weight excluding hydrogens is 399 g/mol. The van der Waals surface area contributed by atoms with Gasteiger partial charge in [-0.25, -0.2) is 4.39 Å². The maximum Gasteiger partial charge on any atom is 0.290 e.